The van der Waals surface area contributed by atoms with Crippen molar-refractivity contribution in [2.24, 2.45) is 0 Å². The van der Waals surface area contributed by atoms with Crippen LogP contribution in [0.4, 0.5) is 0 Å². The minimum atomic E-state index is -0.493. The summed E-state index contributed by atoms with van der Waals surface area (Å²) >= 11 is 11.7. The first kappa shape index (κ1) is 17.1. The van der Waals surface area contributed by atoms with Crippen LogP contribution in [0.1, 0.15) is 15.9 Å². The number of nitrogens with one attached hydrogen (secondary N) is 2. The van der Waals surface area contributed by atoms with E-state index in [2.05, 4.69) is 10.9 Å². The van der Waals surface area contributed by atoms with Gasteiger partial charge in [0.25, 0.3) is 11.8 Å². The van der Waals surface area contributed by atoms with E-state index in [1.165, 1.54) is 6.07 Å². The van der Waals surface area contributed by atoms with Crippen LogP contribution in [-0.4, -0.2) is 18.4 Å². The maximum atomic E-state index is 11.8. The number of amides is 2. The van der Waals surface area contributed by atoms with E-state index in [4.69, 9.17) is 27.9 Å². The Hall–Kier alpha value is -2.24. The largest absolute Gasteiger partial charge is 0.484 e. The second-order valence-corrected chi connectivity index (χ2v) is 5.56. The fraction of sp³-hybridized carbons (Fsp3) is 0.125. The van der Waals surface area contributed by atoms with Gasteiger partial charge in [-0.2, -0.15) is 0 Å². The molecule has 23 heavy (non-hydrogen) atoms. The van der Waals surface area contributed by atoms with Crippen molar-refractivity contribution in [3.8, 4) is 5.75 Å². The Balaban J connectivity index is 1.81. The van der Waals surface area contributed by atoms with Crippen LogP contribution in [0, 0.1) is 6.92 Å². The molecular formula is C16H14Cl2N2O3. The summed E-state index contributed by atoms with van der Waals surface area (Å²) in [7, 11) is 0. The van der Waals surface area contributed by atoms with Gasteiger partial charge in [-0.15, -0.1) is 0 Å². The molecule has 0 bridgehead atoms. The quantitative estimate of drug-likeness (QED) is 0.830. The van der Waals surface area contributed by atoms with Crippen molar-refractivity contribution in [2.45, 2.75) is 6.92 Å². The van der Waals surface area contributed by atoms with Crippen LogP contribution in [0.25, 0.3) is 0 Å². The van der Waals surface area contributed by atoms with E-state index in [9.17, 15) is 9.59 Å². The second-order valence-electron chi connectivity index (χ2n) is 4.71. The number of benzene rings is 2. The fourth-order valence-corrected chi connectivity index (χ4v) is 2.03. The van der Waals surface area contributed by atoms with Gasteiger partial charge < -0.3 is 4.74 Å². The van der Waals surface area contributed by atoms with Crippen LogP contribution in [0.5, 0.6) is 5.75 Å². The topological polar surface area (TPSA) is 67.4 Å². The van der Waals surface area contributed by atoms with E-state index in [1.807, 2.05) is 6.92 Å². The zero-order chi connectivity index (χ0) is 16.8. The van der Waals surface area contributed by atoms with Gasteiger partial charge >= 0.3 is 0 Å². The molecule has 0 aliphatic carbocycles. The van der Waals surface area contributed by atoms with Gasteiger partial charge in [-0.05, 0) is 48.9 Å². The van der Waals surface area contributed by atoms with Crippen LogP contribution in [0.15, 0.2) is 42.5 Å². The van der Waals surface area contributed by atoms with Crippen molar-refractivity contribution in [1.82, 2.24) is 10.9 Å². The highest BCUT2D eigenvalue weighted by Gasteiger charge is 2.08. The van der Waals surface area contributed by atoms with Gasteiger partial charge in [0.1, 0.15) is 5.75 Å². The number of hydrogen-bond acceptors (Lipinski definition) is 3. The van der Waals surface area contributed by atoms with Crippen LogP contribution in [0.3, 0.4) is 0 Å². The lowest BCUT2D eigenvalue weighted by molar-refractivity contribution is -0.123. The van der Waals surface area contributed by atoms with Gasteiger partial charge in [-0.25, -0.2) is 0 Å². The predicted molar refractivity (Wildman–Crippen MR) is 88.7 cm³/mol. The molecule has 5 nitrogen and oxygen atoms in total. The van der Waals surface area contributed by atoms with Gasteiger partial charge in [0.2, 0.25) is 0 Å². The summed E-state index contributed by atoms with van der Waals surface area (Å²) in [4.78, 5) is 23.5. The van der Waals surface area contributed by atoms with E-state index < -0.39 is 11.8 Å². The predicted octanol–water partition coefficient (Wildman–Crippen LogP) is 3.14. The Labute approximate surface area is 143 Å². The average Bonchev–Trinajstić information content (AvgIpc) is 2.53. The number of halogens is 2. The lowest BCUT2D eigenvalue weighted by Crippen LogP contribution is -2.43. The van der Waals surface area contributed by atoms with Crippen molar-refractivity contribution in [2.75, 3.05) is 6.61 Å². The highest BCUT2D eigenvalue weighted by Crippen LogP contribution is 2.20. The molecule has 0 atom stereocenters. The zero-order valence-electron chi connectivity index (χ0n) is 12.2. The van der Waals surface area contributed by atoms with Gasteiger partial charge in [0, 0.05) is 15.6 Å². The molecule has 0 saturated heterocycles. The molecule has 120 valence electrons. The normalized spacial score (nSPS) is 10.0. The highest BCUT2D eigenvalue weighted by atomic mass is 35.5. The molecule has 0 fully saturated rings. The summed E-state index contributed by atoms with van der Waals surface area (Å²) in [6, 6.07) is 11.4. The second kappa shape index (κ2) is 7.85. The number of carbonyl (C=O) groups is 2. The molecule has 7 heteroatoms. The highest BCUT2D eigenvalue weighted by molar-refractivity contribution is 6.31. The third kappa shape index (κ3) is 5.16. The van der Waals surface area contributed by atoms with Crippen LogP contribution < -0.4 is 15.6 Å². The molecule has 0 spiro atoms. The summed E-state index contributed by atoms with van der Waals surface area (Å²) in [5.41, 5.74) is 5.73. The average molecular weight is 353 g/mol. The van der Waals surface area contributed by atoms with Crippen LogP contribution in [-0.2, 0) is 4.79 Å². The summed E-state index contributed by atoms with van der Waals surface area (Å²) in [5, 5.41) is 1.06. The SMILES string of the molecule is Cc1cc(OCC(=O)NNC(=O)c2cccc(Cl)c2)ccc1Cl. The zero-order valence-corrected chi connectivity index (χ0v) is 13.7. The summed E-state index contributed by atoms with van der Waals surface area (Å²) < 4.78 is 5.32. The Bertz CT molecular complexity index is 735. The smallest absolute Gasteiger partial charge is 0.276 e. The van der Waals surface area contributed by atoms with Crippen molar-refractivity contribution < 1.29 is 14.3 Å². The molecule has 0 aliphatic heterocycles. The summed E-state index contributed by atoms with van der Waals surface area (Å²) in [6.45, 7) is 1.59. The lowest BCUT2D eigenvalue weighted by Gasteiger charge is -2.09. The minimum absolute atomic E-state index is 0.239. The standard InChI is InChI=1S/C16H14Cl2N2O3/c1-10-7-13(5-6-14(10)18)23-9-15(21)19-20-16(22)11-3-2-4-12(17)8-11/h2-8H,9H2,1H3,(H,19,21)(H,20,22). The lowest BCUT2D eigenvalue weighted by atomic mass is 10.2. The van der Waals surface area contributed by atoms with Crippen LogP contribution in [0.2, 0.25) is 10.0 Å². The van der Waals surface area contributed by atoms with E-state index >= 15 is 0 Å². The molecular weight excluding hydrogens is 339 g/mol. The number of rotatable bonds is 4. The maximum Gasteiger partial charge on any atom is 0.276 e. The molecule has 0 radical (unpaired) electrons. The van der Waals surface area contributed by atoms with Crippen molar-refractivity contribution in [3.05, 3.63) is 63.6 Å². The summed E-state index contributed by atoms with van der Waals surface area (Å²) in [5.74, 6) is -0.445. The number of hydrazine groups is 1. The van der Waals surface area contributed by atoms with E-state index in [1.54, 1.807) is 36.4 Å². The fourth-order valence-electron chi connectivity index (χ4n) is 1.72. The monoisotopic (exact) mass is 352 g/mol. The molecule has 2 aromatic carbocycles. The maximum absolute atomic E-state index is 11.8. The Morgan fingerprint density at radius 3 is 2.57 bits per heavy atom. The van der Waals surface area contributed by atoms with Crippen molar-refractivity contribution in [3.63, 3.8) is 0 Å². The number of carbonyl (C=O) groups excluding carboxylic acids is 2. The molecule has 2 N–H and O–H groups in total. The molecule has 2 amide bonds. The molecule has 0 aromatic heterocycles. The third-order valence-corrected chi connectivity index (χ3v) is 3.56. The van der Waals surface area contributed by atoms with Crippen LogP contribution >= 0.6 is 23.2 Å². The Morgan fingerprint density at radius 2 is 1.87 bits per heavy atom. The first-order valence-electron chi connectivity index (χ1n) is 6.69. The van der Waals surface area contributed by atoms with Gasteiger partial charge in [0.15, 0.2) is 6.61 Å². The molecule has 0 heterocycles. The number of ether oxygens (including phenoxy) is 1. The molecule has 2 aromatic rings. The summed E-state index contributed by atoms with van der Waals surface area (Å²) in [6.07, 6.45) is 0. The Kier molecular flexibility index (Phi) is 5.84. The van der Waals surface area contributed by atoms with E-state index in [0.29, 0.717) is 21.4 Å². The third-order valence-electron chi connectivity index (χ3n) is 2.90. The first-order valence-corrected chi connectivity index (χ1v) is 7.45. The molecule has 2 rings (SSSR count). The molecule has 0 saturated carbocycles. The number of hydrogen-bond donors (Lipinski definition) is 2. The van der Waals surface area contributed by atoms with Gasteiger partial charge in [-0.1, -0.05) is 29.3 Å². The first-order chi connectivity index (χ1) is 11.0. The molecule has 0 unspecified atom stereocenters. The van der Waals surface area contributed by atoms with Crippen molar-refractivity contribution in [1.29, 1.82) is 0 Å². The van der Waals surface area contributed by atoms with Crippen molar-refractivity contribution >= 4 is 35.0 Å². The minimum Gasteiger partial charge on any atom is -0.484 e. The Morgan fingerprint density at radius 1 is 1.09 bits per heavy atom. The van der Waals surface area contributed by atoms with Gasteiger partial charge in [0.05, 0.1) is 0 Å². The van der Waals surface area contributed by atoms with Gasteiger partial charge in [-0.3, -0.25) is 20.4 Å². The molecule has 0 aliphatic rings. The van der Waals surface area contributed by atoms with E-state index in [0.717, 1.165) is 5.56 Å². The van der Waals surface area contributed by atoms with E-state index in [-0.39, 0.29) is 6.61 Å². The number of aryl methyl sites for hydroxylation is 1.